The Kier molecular flexibility index (Phi) is 3.83. The smallest absolute Gasteiger partial charge is 0.307 e. The number of nitrogens with zero attached hydrogens (tertiary/aromatic N) is 2. The van der Waals surface area contributed by atoms with Crippen molar-refractivity contribution in [3.05, 3.63) is 41.4 Å². The van der Waals surface area contributed by atoms with Gasteiger partial charge in [0.2, 0.25) is 0 Å². The van der Waals surface area contributed by atoms with Crippen molar-refractivity contribution in [2.24, 2.45) is 5.92 Å². The summed E-state index contributed by atoms with van der Waals surface area (Å²) >= 11 is 5.88. The number of fused-ring (bicyclic) bond motifs is 3. The summed E-state index contributed by atoms with van der Waals surface area (Å²) in [6.45, 7) is 3.23. The SMILES string of the molecule is O=C(N[C@H]1CN2CCC1CC2)c1ncc(-c2ccc(Cl)cc2)o1. The average Bonchev–Trinajstić information content (AvgIpc) is 3.07. The van der Waals surface area contributed by atoms with Crippen LogP contribution in [0.15, 0.2) is 34.9 Å². The number of oxazole rings is 1. The summed E-state index contributed by atoms with van der Waals surface area (Å²) in [5.41, 5.74) is 0.851. The third-order valence-electron chi connectivity index (χ3n) is 4.80. The van der Waals surface area contributed by atoms with Gasteiger partial charge in [0, 0.05) is 23.2 Å². The van der Waals surface area contributed by atoms with Crippen LogP contribution in [0.2, 0.25) is 5.02 Å². The molecule has 0 saturated carbocycles. The predicted molar refractivity (Wildman–Crippen MR) is 87.4 cm³/mol. The molecule has 23 heavy (non-hydrogen) atoms. The standard InChI is InChI=1S/C17H18ClN3O2/c18-13-3-1-12(2-4-13)15-9-19-17(23-15)16(22)20-14-10-21-7-5-11(14)6-8-21/h1-4,9,11,14H,5-8,10H2,(H,20,22)/t14-/m0/s1. The van der Waals surface area contributed by atoms with Crippen LogP contribution in [0.5, 0.6) is 0 Å². The van der Waals surface area contributed by atoms with Crippen molar-refractivity contribution in [2.45, 2.75) is 18.9 Å². The Morgan fingerprint density at radius 1 is 1.26 bits per heavy atom. The highest BCUT2D eigenvalue weighted by molar-refractivity contribution is 6.30. The number of carbonyl (C=O) groups is 1. The number of rotatable bonds is 3. The Morgan fingerprint density at radius 2 is 2.00 bits per heavy atom. The number of amides is 1. The van der Waals surface area contributed by atoms with Gasteiger partial charge in [-0.25, -0.2) is 4.98 Å². The summed E-state index contributed by atoms with van der Waals surface area (Å²) in [7, 11) is 0. The lowest BCUT2D eigenvalue weighted by atomic mass is 9.84. The molecule has 1 N–H and O–H groups in total. The third kappa shape index (κ3) is 2.99. The number of benzene rings is 1. The molecule has 2 aromatic rings. The summed E-state index contributed by atoms with van der Waals surface area (Å²) in [5, 5.41) is 3.74. The summed E-state index contributed by atoms with van der Waals surface area (Å²) in [6, 6.07) is 7.46. The Labute approximate surface area is 139 Å². The number of hydrogen-bond donors (Lipinski definition) is 1. The van der Waals surface area contributed by atoms with E-state index in [1.807, 2.05) is 12.1 Å². The highest BCUT2D eigenvalue weighted by Gasteiger charge is 2.35. The minimum Gasteiger partial charge on any atom is -0.432 e. The molecule has 1 aromatic carbocycles. The van der Waals surface area contributed by atoms with Gasteiger partial charge in [-0.05, 0) is 56.1 Å². The van der Waals surface area contributed by atoms with Crippen molar-refractivity contribution in [3.8, 4) is 11.3 Å². The molecule has 3 aliphatic heterocycles. The van der Waals surface area contributed by atoms with Crippen LogP contribution in [0.1, 0.15) is 23.5 Å². The van der Waals surface area contributed by atoms with E-state index in [2.05, 4.69) is 15.2 Å². The van der Waals surface area contributed by atoms with Crippen molar-refractivity contribution in [1.29, 1.82) is 0 Å². The molecule has 3 saturated heterocycles. The lowest BCUT2D eigenvalue weighted by Crippen LogP contribution is -2.57. The van der Waals surface area contributed by atoms with Crippen molar-refractivity contribution in [3.63, 3.8) is 0 Å². The molecule has 2 bridgehead atoms. The summed E-state index contributed by atoms with van der Waals surface area (Å²) in [5.74, 6) is 1.03. The van der Waals surface area contributed by atoms with Crippen molar-refractivity contribution in [1.82, 2.24) is 15.2 Å². The Balaban J connectivity index is 1.46. The fourth-order valence-corrected chi connectivity index (χ4v) is 3.61. The van der Waals surface area contributed by atoms with Gasteiger partial charge in [-0.1, -0.05) is 11.6 Å². The zero-order valence-electron chi connectivity index (χ0n) is 12.7. The van der Waals surface area contributed by atoms with E-state index in [1.165, 1.54) is 0 Å². The zero-order valence-corrected chi connectivity index (χ0v) is 13.4. The third-order valence-corrected chi connectivity index (χ3v) is 5.05. The minimum absolute atomic E-state index is 0.117. The highest BCUT2D eigenvalue weighted by atomic mass is 35.5. The van der Waals surface area contributed by atoms with E-state index >= 15 is 0 Å². The maximum atomic E-state index is 12.4. The monoisotopic (exact) mass is 331 g/mol. The fraction of sp³-hybridized carbons (Fsp3) is 0.412. The second-order valence-corrected chi connectivity index (χ2v) is 6.69. The van der Waals surface area contributed by atoms with Crippen LogP contribution in [0, 0.1) is 5.92 Å². The molecule has 5 nitrogen and oxygen atoms in total. The summed E-state index contributed by atoms with van der Waals surface area (Å²) in [6.07, 6.45) is 3.90. The average molecular weight is 332 g/mol. The van der Waals surface area contributed by atoms with Crippen molar-refractivity contribution < 1.29 is 9.21 Å². The molecule has 0 aliphatic carbocycles. The second kappa shape index (κ2) is 5.98. The van der Waals surface area contributed by atoms with Gasteiger partial charge in [-0.3, -0.25) is 4.79 Å². The molecule has 3 fully saturated rings. The van der Waals surface area contributed by atoms with Gasteiger partial charge in [-0.2, -0.15) is 0 Å². The van der Waals surface area contributed by atoms with Crippen LogP contribution in [0.3, 0.4) is 0 Å². The molecule has 0 radical (unpaired) electrons. The van der Waals surface area contributed by atoms with Gasteiger partial charge < -0.3 is 14.6 Å². The first-order valence-electron chi connectivity index (χ1n) is 7.94. The Morgan fingerprint density at radius 3 is 2.65 bits per heavy atom. The Hall–Kier alpha value is -1.85. The number of aromatic nitrogens is 1. The van der Waals surface area contributed by atoms with Gasteiger partial charge in [0.15, 0.2) is 5.76 Å². The molecule has 0 spiro atoms. The van der Waals surface area contributed by atoms with E-state index in [-0.39, 0.29) is 17.8 Å². The van der Waals surface area contributed by atoms with Crippen LogP contribution in [0.25, 0.3) is 11.3 Å². The van der Waals surface area contributed by atoms with E-state index in [0.717, 1.165) is 38.0 Å². The maximum Gasteiger partial charge on any atom is 0.307 e. The topological polar surface area (TPSA) is 58.4 Å². The molecule has 1 amide bonds. The molecule has 3 aliphatic rings. The predicted octanol–water partition coefficient (Wildman–Crippen LogP) is 2.82. The van der Waals surface area contributed by atoms with Gasteiger partial charge in [0.1, 0.15) is 0 Å². The summed E-state index contributed by atoms with van der Waals surface area (Å²) < 4.78 is 5.61. The van der Waals surface area contributed by atoms with Crippen LogP contribution in [-0.4, -0.2) is 41.5 Å². The maximum absolute atomic E-state index is 12.4. The number of nitrogens with one attached hydrogen (secondary N) is 1. The van der Waals surface area contributed by atoms with Gasteiger partial charge >= 0.3 is 5.91 Å². The normalized spacial score (nSPS) is 26.2. The first kappa shape index (κ1) is 14.7. The van der Waals surface area contributed by atoms with Crippen molar-refractivity contribution >= 4 is 17.5 Å². The largest absolute Gasteiger partial charge is 0.432 e. The van der Waals surface area contributed by atoms with E-state index in [1.54, 1.807) is 18.3 Å². The van der Waals surface area contributed by atoms with Crippen molar-refractivity contribution in [2.75, 3.05) is 19.6 Å². The molecule has 1 atom stereocenters. The molecular formula is C17H18ClN3O2. The lowest BCUT2D eigenvalue weighted by molar-refractivity contribution is 0.0602. The summed E-state index contributed by atoms with van der Waals surface area (Å²) in [4.78, 5) is 18.9. The molecular weight excluding hydrogens is 314 g/mol. The molecule has 0 unspecified atom stereocenters. The molecule has 5 rings (SSSR count). The zero-order chi connectivity index (χ0) is 15.8. The first-order valence-corrected chi connectivity index (χ1v) is 8.32. The van der Waals surface area contributed by atoms with Gasteiger partial charge in [-0.15, -0.1) is 0 Å². The van der Waals surface area contributed by atoms with Crippen LogP contribution >= 0.6 is 11.6 Å². The first-order chi connectivity index (χ1) is 11.2. The number of carbonyl (C=O) groups excluding carboxylic acids is 1. The van der Waals surface area contributed by atoms with Crippen LogP contribution in [0.4, 0.5) is 0 Å². The van der Waals surface area contributed by atoms with Crippen LogP contribution < -0.4 is 5.32 Å². The van der Waals surface area contributed by atoms with E-state index < -0.39 is 0 Å². The van der Waals surface area contributed by atoms with E-state index in [0.29, 0.717) is 16.7 Å². The van der Waals surface area contributed by atoms with E-state index in [4.69, 9.17) is 16.0 Å². The Bertz CT molecular complexity index is 705. The van der Waals surface area contributed by atoms with Gasteiger partial charge in [0.05, 0.1) is 6.20 Å². The fourth-order valence-electron chi connectivity index (χ4n) is 3.49. The molecule has 6 heteroatoms. The number of halogens is 1. The number of piperidine rings is 3. The number of hydrogen-bond acceptors (Lipinski definition) is 4. The molecule has 1 aromatic heterocycles. The van der Waals surface area contributed by atoms with E-state index in [9.17, 15) is 4.79 Å². The lowest BCUT2D eigenvalue weighted by Gasteiger charge is -2.44. The molecule has 120 valence electrons. The van der Waals surface area contributed by atoms with Gasteiger partial charge in [0.25, 0.3) is 5.89 Å². The molecule has 4 heterocycles. The van der Waals surface area contributed by atoms with Crippen LogP contribution in [-0.2, 0) is 0 Å². The minimum atomic E-state index is -0.232. The quantitative estimate of drug-likeness (QED) is 0.939. The highest BCUT2D eigenvalue weighted by Crippen LogP contribution is 2.28. The second-order valence-electron chi connectivity index (χ2n) is 6.25.